The molecule has 1 atom stereocenters. The molecule has 128 valence electrons. The zero-order valence-electron chi connectivity index (χ0n) is 12.4. The number of nitrogens with one attached hydrogen (secondary N) is 2. The predicted octanol–water partition coefficient (Wildman–Crippen LogP) is 3.44. The van der Waals surface area contributed by atoms with Crippen LogP contribution in [0.4, 0.5) is 10.1 Å². The van der Waals surface area contributed by atoms with E-state index in [-0.39, 0.29) is 4.90 Å². The Morgan fingerprint density at radius 1 is 1.08 bits per heavy atom. The van der Waals surface area contributed by atoms with E-state index >= 15 is 0 Å². The van der Waals surface area contributed by atoms with E-state index in [9.17, 15) is 17.6 Å². The van der Waals surface area contributed by atoms with Crippen molar-refractivity contribution in [3.63, 3.8) is 0 Å². The molecule has 0 radical (unpaired) electrons. The second-order valence-corrected chi connectivity index (χ2v) is 7.53. The molecule has 0 fully saturated rings. The van der Waals surface area contributed by atoms with Crippen LogP contribution in [0.1, 0.15) is 6.92 Å². The summed E-state index contributed by atoms with van der Waals surface area (Å²) in [5.74, 6) is -1.16. The monoisotopic (exact) mass is 390 g/mol. The predicted molar refractivity (Wildman–Crippen MR) is 91.3 cm³/mol. The van der Waals surface area contributed by atoms with Gasteiger partial charge in [-0.15, -0.1) is 0 Å². The highest BCUT2D eigenvalue weighted by atomic mass is 35.5. The van der Waals surface area contributed by atoms with Crippen molar-refractivity contribution in [2.75, 3.05) is 5.32 Å². The minimum Gasteiger partial charge on any atom is -0.325 e. The maximum absolute atomic E-state index is 12.9. The van der Waals surface area contributed by atoms with Crippen LogP contribution < -0.4 is 10.0 Å². The molecule has 2 aromatic carbocycles. The van der Waals surface area contributed by atoms with Crippen molar-refractivity contribution in [3.8, 4) is 0 Å². The van der Waals surface area contributed by atoms with Crippen molar-refractivity contribution < 1.29 is 17.6 Å². The maximum Gasteiger partial charge on any atom is 0.242 e. The lowest BCUT2D eigenvalue weighted by molar-refractivity contribution is -0.117. The molecule has 1 amide bonds. The summed E-state index contributed by atoms with van der Waals surface area (Å²) >= 11 is 11.7. The van der Waals surface area contributed by atoms with E-state index in [1.165, 1.54) is 25.1 Å². The van der Waals surface area contributed by atoms with Gasteiger partial charge in [0.2, 0.25) is 15.9 Å². The largest absolute Gasteiger partial charge is 0.325 e. The third-order valence-electron chi connectivity index (χ3n) is 2.98. The van der Waals surface area contributed by atoms with Crippen LogP contribution in [-0.4, -0.2) is 20.4 Å². The van der Waals surface area contributed by atoms with Crippen molar-refractivity contribution in [3.05, 3.63) is 58.3 Å². The van der Waals surface area contributed by atoms with Crippen molar-refractivity contribution in [2.24, 2.45) is 0 Å². The van der Waals surface area contributed by atoms with Gasteiger partial charge in [-0.1, -0.05) is 23.2 Å². The number of hydrogen-bond acceptors (Lipinski definition) is 3. The summed E-state index contributed by atoms with van der Waals surface area (Å²) in [5, 5.41) is 3.17. The number of amides is 1. The number of rotatable bonds is 5. The van der Waals surface area contributed by atoms with Gasteiger partial charge in [-0.2, -0.15) is 4.72 Å². The first-order valence-electron chi connectivity index (χ1n) is 6.72. The Hall–Kier alpha value is -1.67. The van der Waals surface area contributed by atoms with E-state index in [0.717, 1.165) is 24.3 Å². The van der Waals surface area contributed by atoms with Gasteiger partial charge in [0, 0.05) is 15.7 Å². The van der Waals surface area contributed by atoms with Gasteiger partial charge in [-0.05, 0) is 49.4 Å². The second-order valence-electron chi connectivity index (χ2n) is 4.94. The number of sulfonamides is 1. The Kier molecular flexibility index (Phi) is 5.82. The molecule has 0 aliphatic heterocycles. The highest BCUT2D eigenvalue weighted by Crippen LogP contribution is 2.22. The van der Waals surface area contributed by atoms with E-state index in [1.54, 1.807) is 0 Å². The van der Waals surface area contributed by atoms with Crippen molar-refractivity contribution >= 4 is 44.8 Å². The van der Waals surface area contributed by atoms with Crippen molar-refractivity contribution in [1.82, 2.24) is 4.72 Å². The molecule has 0 bridgehead atoms. The molecule has 24 heavy (non-hydrogen) atoms. The average Bonchev–Trinajstić information content (AvgIpc) is 2.46. The summed E-state index contributed by atoms with van der Waals surface area (Å²) in [5.41, 5.74) is 0.338. The van der Waals surface area contributed by atoms with Gasteiger partial charge in [-0.3, -0.25) is 4.79 Å². The van der Waals surface area contributed by atoms with Gasteiger partial charge in [0.05, 0.1) is 10.9 Å². The van der Waals surface area contributed by atoms with E-state index in [1.807, 2.05) is 0 Å². The standard InChI is InChI=1S/C15H13Cl2FN2O3S/c1-9(15(21)19-13-7-10(16)6-11(17)8-13)20-24(22,23)14-4-2-12(18)3-5-14/h2-9,20H,1H3,(H,19,21). The number of halogens is 3. The highest BCUT2D eigenvalue weighted by Gasteiger charge is 2.22. The first-order valence-corrected chi connectivity index (χ1v) is 8.96. The first-order chi connectivity index (χ1) is 11.2. The third-order valence-corrected chi connectivity index (χ3v) is 4.97. The molecule has 2 aromatic rings. The van der Waals surface area contributed by atoms with Crippen molar-refractivity contribution in [2.45, 2.75) is 17.9 Å². The molecule has 2 rings (SSSR count). The molecule has 1 unspecified atom stereocenters. The second kappa shape index (κ2) is 7.48. The van der Waals surface area contributed by atoms with Crippen LogP contribution in [0, 0.1) is 5.82 Å². The Labute approximate surface area is 148 Å². The molecule has 0 aromatic heterocycles. The fourth-order valence-electron chi connectivity index (χ4n) is 1.84. The fraction of sp³-hybridized carbons (Fsp3) is 0.133. The summed E-state index contributed by atoms with van der Waals surface area (Å²) in [4.78, 5) is 12.0. The summed E-state index contributed by atoms with van der Waals surface area (Å²) in [6.45, 7) is 1.38. The van der Waals surface area contributed by atoms with Crippen LogP contribution in [-0.2, 0) is 14.8 Å². The quantitative estimate of drug-likeness (QED) is 0.820. The molecule has 2 N–H and O–H groups in total. The number of carbonyl (C=O) groups is 1. The van der Waals surface area contributed by atoms with E-state index in [4.69, 9.17) is 23.2 Å². The first kappa shape index (κ1) is 18.7. The molecule has 5 nitrogen and oxygen atoms in total. The normalized spacial score (nSPS) is 12.7. The molecule has 0 aliphatic carbocycles. The van der Waals surface area contributed by atoms with Gasteiger partial charge in [0.25, 0.3) is 0 Å². The number of anilines is 1. The van der Waals surface area contributed by atoms with Gasteiger partial charge < -0.3 is 5.32 Å². The lowest BCUT2D eigenvalue weighted by atomic mass is 10.3. The van der Waals surface area contributed by atoms with Gasteiger partial charge >= 0.3 is 0 Å². The lowest BCUT2D eigenvalue weighted by Gasteiger charge is -2.15. The van der Waals surface area contributed by atoms with Crippen LogP contribution in [0.15, 0.2) is 47.4 Å². The molecule has 0 aliphatic rings. The van der Waals surface area contributed by atoms with Crippen LogP contribution in [0.2, 0.25) is 10.0 Å². The van der Waals surface area contributed by atoms with Gasteiger partial charge in [-0.25, -0.2) is 12.8 Å². The molecule has 9 heteroatoms. The maximum atomic E-state index is 12.9. The molecular formula is C15H13Cl2FN2O3S. The third kappa shape index (κ3) is 4.91. The molecular weight excluding hydrogens is 378 g/mol. The van der Waals surface area contributed by atoms with E-state index < -0.39 is 27.8 Å². The smallest absolute Gasteiger partial charge is 0.242 e. The summed E-state index contributed by atoms with van der Waals surface area (Å²) in [7, 11) is -3.96. The van der Waals surface area contributed by atoms with E-state index in [0.29, 0.717) is 15.7 Å². The fourth-order valence-corrected chi connectivity index (χ4v) is 3.57. The Morgan fingerprint density at radius 2 is 1.62 bits per heavy atom. The van der Waals surface area contributed by atoms with Crippen molar-refractivity contribution in [1.29, 1.82) is 0 Å². The Bertz CT molecular complexity index is 837. The molecule has 0 saturated heterocycles. The zero-order valence-corrected chi connectivity index (χ0v) is 14.7. The average molecular weight is 391 g/mol. The number of benzene rings is 2. The highest BCUT2D eigenvalue weighted by molar-refractivity contribution is 7.89. The summed E-state index contributed by atoms with van der Waals surface area (Å²) < 4.78 is 39.4. The molecule has 0 spiro atoms. The zero-order chi connectivity index (χ0) is 17.9. The summed E-state index contributed by atoms with van der Waals surface area (Å²) in [6.07, 6.45) is 0. The number of hydrogen-bond donors (Lipinski definition) is 2. The Balaban J connectivity index is 2.09. The lowest BCUT2D eigenvalue weighted by Crippen LogP contribution is -2.41. The van der Waals surface area contributed by atoms with Crippen LogP contribution >= 0.6 is 23.2 Å². The van der Waals surface area contributed by atoms with Crippen LogP contribution in [0.25, 0.3) is 0 Å². The molecule has 0 saturated carbocycles. The van der Waals surface area contributed by atoms with Crippen LogP contribution in [0.5, 0.6) is 0 Å². The minimum absolute atomic E-state index is 0.144. The number of carbonyl (C=O) groups excluding carboxylic acids is 1. The minimum atomic E-state index is -3.96. The van der Waals surface area contributed by atoms with Gasteiger partial charge in [0.15, 0.2) is 0 Å². The topological polar surface area (TPSA) is 75.3 Å². The SMILES string of the molecule is CC(NS(=O)(=O)c1ccc(F)cc1)C(=O)Nc1cc(Cl)cc(Cl)c1. The molecule has 0 heterocycles. The van der Waals surface area contributed by atoms with E-state index in [2.05, 4.69) is 10.0 Å². The summed E-state index contributed by atoms with van der Waals surface area (Å²) in [6, 6.07) is 7.65. The Morgan fingerprint density at radius 3 is 2.17 bits per heavy atom. The van der Waals surface area contributed by atoms with Gasteiger partial charge in [0.1, 0.15) is 5.82 Å². The van der Waals surface area contributed by atoms with Crippen LogP contribution in [0.3, 0.4) is 0 Å².